The minimum absolute atomic E-state index is 0.0574. The molecule has 0 amide bonds. The molecule has 3 heteroatoms. The Labute approximate surface area is 356 Å². The molecule has 61 heavy (non-hydrogen) atoms. The first-order valence-electron chi connectivity index (χ1n) is 21.2. The van der Waals surface area contributed by atoms with Gasteiger partial charge in [0.05, 0.1) is 17.1 Å². The highest BCUT2D eigenvalue weighted by atomic mass is 16.3. The van der Waals surface area contributed by atoms with E-state index in [1.165, 1.54) is 50.1 Å². The summed E-state index contributed by atoms with van der Waals surface area (Å²) >= 11 is 0. The Morgan fingerprint density at radius 1 is 0.328 bits per heavy atom. The summed E-state index contributed by atoms with van der Waals surface area (Å²) in [5, 5.41) is 2.12. The Bertz CT molecular complexity index is 3390. The average molecular weight is 783 g/mol. The van der Waals surface area contributed by atoms with Crippen molar-refractivity contribution >= 4 is 21.9 Å². The Kier molecular flexibility index (Phi) is 7.62. The van der Waals surface area contributed by atoms with Gasteiger partial charge in [-0.25, -0.2) is 9.97 Å². The minimum atomic E-state index is -0.109. The number of hydrogen-bond acceptors (Lipinski definition) is 3. The fourth-order valence-electron chi connectivity index (χ4n) is 10.3. The van der Waals surface area contributed by atoms with Gasteiger partial charge >= 0.3 is 0 Å². The molecule has 12 rings (SSSR count). The van der Waals surface area contributed by atoms with Gasteiger partial charge in [0.2, 0.25) is 0 Å². The van der Waals surface area contributed by atoms with E-state index in [1.807, 2.05) is 18.2 Å². The van der Waals surface area contributed by atoms with Crippen LogP contribution in [-0.4, -0.2) is 9.97 Å². The summed E-state index contributed by atoms with van der Waals surface area (Å²) in [6.45, 7) is 9.49. The SMILES string of the molecule is CC1(C)c2ccccc2-c2cc3c(cc21)-c1cc(-c2ccc4oc5c(-c6nc(-c7ccccc7)c(-c7ccccc7)nc6-c6ccccc6)cccc5c4c2)ccc1C3(C)C. The van der Waals surface area contributed by atoms with Crippen LogP contribution in [0.15, 0.2) is 186 Å². The lowest BCUT2D eigenvalue weighted by atomic mass is 9.79. The van der Waals surface area contributed by atoms with Crippen LogP contribution in [0.4, 0.5) is 0 Å². The maximum Gasteiger partial charge on any atom is 0.144 e. The summed E-state index contributed by atoms with van der Waals surface area (Å²) in [5.74, 6) is 0. The molecule has 2 aliphatic carbocycles. The molecule has 0 spiro atoms. The lowest BCUT2D eigenvalue weighted by Crippen LogP contribution is -2.16. The standard InChI is InChI=1S/C58H42N2O/c1-57(2)47-26-15-14-23-40(47)44-33-50-45(34-49(44)57)43-31-38(27-29-48(43)58(50,3)4)39-28-30-51-46(32-39)41-24-16-25-42(56(41)61-51)55-54(37-21-12-7-13-22-37)59-52(35-17-8-5-9-18-35)53(60-55)36-19-10-6-11-20-36/h5-34H,1-4H3. The van der Waals surface area contributed by atoms with Gasteiger partial charge in [0, 0.05) is 43.9 Å². The van der Waals surface area contributed by atoms with E-state index in [-0.39, 0.29) is 10.8 Å². The van der Waals surface area contributed by atoms with E-state index in [9.17, 15) is 0 Å². The number of fused-ring (bicyclic) bond motifs is 9. The van der Waals surface area contributed by atoms with Gasteiger partial charge in [-0.05, 0) is 92.0 Å². The largest absolute Gasteiger partial charge is 0.455 e. The van der Waals surface area contributed by atoms with Crippen LogP contribution in [0.1, 0.15) is 49.9 Å². The zero-order valence-corrected chi connectivity index (χ0v) is 34.6. The Morgan fingerprint density at radius 3 is 1.44 bits per heavy atom. The lowest BCUT2D eigenvalue weighted by molar-refractivity contribution is 0.652. The average Bonchev–Trinajstić information content (AvgIpc) is 3.87. The quantitative estimate of drug-likeness (QED) is 0.175. The van der Waals surface area contributed by atoms with Gasteiger partial charge in [-0.2, -0.15) is 0 Å². The van der Waals surface area contributed by atoms with Gasteiger partial charge in [0.25, 0.3) is 0 Å². The third kappa shape index (κ3) is 5.30. The van der Waals surface area contributed by atoms with Crippen LogP contribution in [0.25, 0.3) is 100 Å². The Hall–Kier alpha value is -7.36. The van der Waals surface area contributed by atoms with E-state index in [0.29, 0.717) is 0 Å². The molecule has 0 fully saturated rings. The normalized spacial score (nSPS) is 14.2. The molecule has 8 aromatic carbocycles. The van der Waals surface area contributed by atoms with Crippen LogP contribution in [0.2, 0.25) is 0 Å². The summed E-state index contributed by atoms with van der Waals surface area (Å²) in [6, 6.07) is 65.1. The highest BCUT2D eigenvalue weighted by molar-refractivity contribution is 6.11. The van der Waals surface area contributed by atoms with Crippen molar-refractivity contribution in [3.05, 3.63) is 204 Å². The Morgan fingerprint density at radius 2 is 0.803 bits per heavy atom. The van der Waals surface area contributed by atoms with Crippen molar-refractivity contribution in [3.8, 4) is 78.4 Å². The number of furan rings is 1. The summed E-state index contributed by atoms with van der Waals surface area (Å²) in [5.41, 5.74) is 22.1. The van der Waals surface area contributed by atoms with Gasteiger partial charge in [0.1, 0.15) is 16.9 Å². The molecule has 0 aliphatic heterocycles. The molecule has 0 saturated carbocycles. The number of rotatable bonds is 5. The number of para-hydroxylation sites is 1. The summed E-state index contributed by atoms with van der Waals surface area (Å²) in [4.78, 5) is 11.0. The van der Waals surface area contributed by atoms with Crippen molar-refractivity contribution < 1.29 is 4.42 Å². The molecule has 2 aliphatic rings. The van der Waals surface area contributed by atoms with E-state index in [4.69, 9.17) is 14.4 Å². The van der Waals surface area contributed by atoms with Gasteiger partial charge in [-0.15, -0.1) is 0 Å². The highest BCUT2D eigenvalue weighted by Crippen LogP contribution is 2.56. The van der Waals surface area contributed by atoms with Crippen molar-refractivity contribution in [2.45, 2.75) is 38.5 Å². The van der Waals surface area contributed by atoms with Crippen LogP contribution < -0.4 is 0 Å². The van der Waals surface area contributed by atoms with E-state index >= 15 is 0 Å². The summed E-state index contributed by atoms with van der Waals surface area (Å²) in [6.07, 6.45) is 0. The molecular formula is C58H42N2O. The molecule has 0 radical (unpaired) electrons. The molecule has 2 heterocycles. The molecule has 0 atom stereocenters. The van der Waals surface area contributed by atoms with E-state index in [0.717, 1.165) is 72.5 Å². The van der Waals surface area contributed by atoms with Crippen molar-refractivity contribution in [2.24, 2.45) is 0 Å². The van der Waals surface area contributed by atoms with Gasteiger partial charge in [0.15, 0.2) is 0 Å². The zero-order chi connectivity index (χ0) is 41.0. The molecule has 3 nitrogen and oxygen atoms in total. The molecule has 0 unspecified atom stereocenters. The maximum atomic E-state index is 6.85. The number of aromatic nitrogens is 2. The fraction of sp³-hybridized carbons (Fsp3) is 0.103. The molecule has 0 bridgehead atoms. The van der Waals surface area contributed by atoms with Crippen molar-refractivity contribution in [3.63, 3.8) is 0 Å². The lowest BCUT2D eigenvalue weighted by Gasteiger charge is -2.24. The van der Waals surface area contributed by atoms with Crippen molar-refractivity contribution in [1.29, 1.82) is 0 Å². The van der Waals surface area contributed by atoms with Crippen LogP contribution in [-0.2, 0) is 10.8 Å². The third-order valence-corrected chi connectivity index (χ3v) is 13.5. The molecular weight excluding hydrogens is 741 g/mol. The second-order valence-electron chi connectivity index (χ2n) is 17.7. The number of benzene rings is 8. The van der Waals surface area contributed by atoms with Crippen LogP contribution in [0, 0.1) is 0 Å². The Balaban J connectivity index is 1.01. The van der Waals surface area contributed by atoms with Crippen LogP contribution in [0.3, 0.4) is 0 Å². The predicted octanol–water partition coefficient (Wildman–Crippen LogP) is 15.3. The minimum Gasteiger partial charge on any atom is -0.455 e. The molecule has 0 N–H and O–H groups in total. The van der Waals surface area contributed by atoms with E-state index < -0.39 is 0 Å². The summed E-state index contributed by atoms with van der Waals surface area (Å²) in [7, 11) is 0. The van der Waals surface area contributed by atoms with Crippen LogP contribution in [0.5, 0.6) is 0 Å². The van der Waals surface area contributed by atoms with E-state index in [2.05, 4.69) is 191 Å². The highest BCUT2D eigenvalue weighted by Gasteiger charge is 2.41. The smallest absolute Gasteiger partial charge is 0.144 e. The first kappa shape index (κ1) is 35.6. The first-order chi connectivity index (χ1) is 29.8. The number of nitrogens with zero attached hydrogens (tertiary/aromatic N) is 2. The first-order valence-corrected chi connectivity index (χ1v) is 21.2. The summed E-state index contributed by atoms with van der Waals surface area (Å²) < 4.78 is 6.85. The predicted molar refractivity (Wildman–Crippen MR) is 252 cm³/mol. The van der Waals surface area contributed by atoms with Gasteiger partial charge in [-0.3, -0.25) is 0 Å². The van der Waals surface area contributed by atoms with Crippen molar-refractivity contribution in [1.82, 2.24) is 9.97 Å². The molecule has 0 saturated heterocycles. The molecule has 10 aromatic rings. The topological polar surface area (TPSA) is 38.9 Å². The molecule has 2 aromatic heterocycles. The zero-order valence-electron chi connectivity index (χ0n) is 34.6. The second-order valence-corrected chi connectivity index (χ2v) is 17.7. The van der Waals surface area contributed by atoms with Gasteiger partial charge < -0.3 is 4.42 Å². The number of hydrogen-bond donors (Lipinski definition) is 0. The maximum absolute atomic E-state index is 6.85. The van der Waals surface area contributed by atoms with E-state index in [1.54, 1.807) is 0 Å². The fourth-order valence-corrected chi connectivity index (χ4v) is 10.3. The van der Waals surface area contributed by atoms with Gasteiger partial charge in [-0.1, -0.05) is 173 Å². The van der Waals surface area contributed by atoms with Crippen LogP contribution >= 0.6 is 0 Å². The van der Waals surface area contributed by atoms with Crippen molar-refractivity contribution in [2.75, 3.05) is 0 Å². The third-order valence-electron chi connectivity index (χ3n) is 13.5. The monoisotopic (exact) mass is 782 g/mol. The molecule has 290 valence electrons. The second kappa shape index (κ2) is 13.1.